The lowest BCUT2D eigenvalue weighted by Crippen LogP contribution is -2.64. The third-order valence-corrected chi connectivity index (χ3v) is 16.2. The Hall–Kier alpha value is -0.520. The molecule has 5 saturated carbocycles. The standard InChI is InChI=1S/C40H68O13/c1-18(2)8-13-40(49)19(3)27-35(53-40)32(46)28-23-7-6-21-15-22(9-11-38(21,4)24(23)10-12-39(27,28)5)50-37-36(34(48)31(45)26(17-42)52-37)51-25-14-20(16-41)29(43)33(47)30(25)44/h18-37,41-49H,6-17H2,1-5H3. The Morgan fingerprint density at radius 2 is 1.47 bits per heavy atom. The van der Waals surface area contributed by atoms with Crippen molar-refractivity contribution in [3.8, 4) is 0 Å². The predicted molar refractivity (Wildman–Crippen MR) is 190 cm³/mol. The van der Waals surface area contributed by atoms with Crippen LogP contribution in [0.5, 0.6) is 0 Å². The lowest BCUT2D eigenvalue weighted by atomic mass is 9.44. The molecule has 2 aliphatic heterocycles. The molecule has 0 amide bonds. The minimum atomic E-state index is -1.58. The van der Waals surface area contributed by atoms with Crippen LogP contribution in [0.4, 0.5) is 0 Å². The van der Waals surface area contributed by atoms with Gasteiger partial charge in [-0.1, -0.05) is 34.6 Å². The number of aliphatic hydroxyl groups is 9. The summed E-state index contributed by atoms with van der Waals surface area (Å²) >= 11 is 0. The van der Waals surface area contributed by atoms with Crippen molar-refractivity contribution >= 4 is 0 Å². The van der Waals surface area contributed by atoms with Gasteiger partial charge in [-0.25, -0.2) is 0 Å². The summed E-state index contributed by atoms with van der Waals surface area (Å²) in [6, 6.07) is 0. The van der Waals surface area contributed by atoms with Crippen LogP contribution in [0.2, 0.25) is 0 Å². The first-order chi connectivity index (χ1) is 25.0. The van der Waals surface area contributed by atoms with E-state index >= 15 is 0 Å². The zero-order valence-corrected chi connectivity index (χ0v) is 32.2. The fraction of sp³-hybridized carbons (Fsp3) is 1.00. The van der Waals surface area contributed by atoms with Crippen LogP contribution in [0.3, 0.4) is 0 Å². The molecule has 22 atom stereocenters. The molecule has 22 unspecified atom stereocenters. The van der Waals surface area contributed by atoms with E-state index in [-0.39, 0.29) is 47.2 Å². The van der Waals surface area contributed by atoms with Crippen molar-refractivity contribution in [3.63, 3.8) is 0 Å². The van der Waals surface area contributed by atoms with Crippen LogP contribution >= 0.6 is 0 Å². The first-order valence-electron chi connectivity index (χ1n) is 20.7. The van der Waals surface area contributed by atoms with Crippen molar-refractivity contribution < 1.29 is 64.9 Å². The fourth-order valence-corrected chi connectivity index (χ4v) is 13.1. The van der Waals surface area contributed by atoms with Crippen LogP contribution in [0.25, 0.3) is 0 Å². The van der Waals surface area contributed by atoms with Crippen LogP contribution < -0.4 is 0 Å². The van der Waals surface area contributed by atoms with Gasteiger partial charge in [0.15, 0.2) is 12.1 Å². The molecule has 7 aliphatic rings. The summed E-state index contributed by atoms with van der Waals surface area (Å²) in [5.74, 6) is -0.226. The Labute approximate surface area is 314 Å². The molecular weight excluding hydrogens is 688 g/mol. The maximum absolute atomic E-state index is 12.0. The highest BCUT2D eigenvalue weighted by Crippen LogP contribution is 2.71. The van der Waals surface area contributed by atoms with Crippen LogP contribution in [0.15, 0.2) is 0 Å². The number of hydrogen-bond acceptors (Lipinski definition) is 13. The lowest BCUT2D eigenvalue weighted by molar-refractivity contribution is -0.338. The molecule has 0 spiro atoms. The Morgan fingerprint density at radius 3 is 2.15 bits per heavy atom. The molecule has 7 rings (SSSR count). The highest BCUT2D eigenvalue weighted by Gasteiger charge is 2.71. The normalized spacial score (nSPS) is 56.8. The highest BCUT2D eigenvalue weighted by atomic mass is 16.7. The van der Waals surface area contributed by atoms with Crippen LogP contribution in [0.1, 0.15) is 98.8 Å². The van der Waals surface area contributed by atoms with Crippen LogP contribution in [0, 0.1) is 58.2 Å². The van der Waals surface area contributed by atoms with E-state index < -0.39 is 86.1 Å². The van der Waals surface area contributed by atoms with Gasteiger partial charge in [-0.05, 0) is 98.2 Å². The lowest BCUT2D eigenvalue weighted by Gasteiger charge is -2.61. The fourth-order valence-electron chi connectivity index (χ4n) is 13.1. The number of hydrogen-bond donors (Lipinski definition) is 9. The van der Waals surface area contributed by atoms with Gasteiger partial charge >= 0.3 is 0 Å². The van der Waals surface area contributed by atoms with Gasteiger partial charge in [0.2, 0.25) is 0 Å². The van der Waals surface area contributed by atoms with Crippen LogP contribution in [-0.4, -0.2) is 138 Å². The van der Waals surface area contributed by atoms with E-state index in [4.69, 9.17) is 18.9 Å². The van der Waals surface area contributed by atoms with Gasteiger partial charge in [0.1, 0.15) is 36.6 Å². The van der Waals surface area contributed by atoms with Crippen molar-refractivity contribution in [1.82, 2.24) is 0 Å². The molecule has 9 N–H and O–H groups in total. The topological polar surface area (TPSA) is 219 Å². The maximum atomic E-state index is 12.0. The molecule has 0 aromatic carbocycles. The third-order valence-electron chi connectivity index (χ3n) is 16.2. The predicted octanol–water partition coefficient (Wildman–Crippen LogP) is 1.06. The van der Waals surface area contributed by atoms with E-state index in [1.165, 1.54) is 0 Å². The number of fused-ring (bicyclic) bond motifs is 7. The van der Waals surface area contributed by atoms with Gasteiger partial charge in [-0.2, -0.15) is 0 Å². The molecular formula is C40H68O13. The summed E-state index contributed by atoms with van der Waals surface area (Å²) in [4.78, 5) is 0. The minimum absolute atomic E-state index is 0.00194. The van der Waals surface area contributed by atoms with Gasteiger partial charge < -0.3 is 64.9 Å². The Balaban J connectivity index is 1.04. The first kappa shape index (κ1) is 40.7. The largest absolute Gasteiger partial charge is 0.396 e. The summed E-state index contributed by atoms with van der Waals surface area (Å²) in [5, 5.41) is 96.9. The molecule has 0 bridgehead atoms. The zero-order chi connectivity index (χ0) is 38.4. The molecule has 0 aromatic heterocycles. The second kappa shape index (κ2) is 15.0. The maximum Gasteiger partial charge on any atom is 0.187 e. The van der Waals surface area contributed by atoms with Crippen molar-refractivity contribution in [1.29, 1.82) is 0 Å². The first-order valence-corrected chi connectivity index (χ1v) is 20.7. The monoisotopic (exact) mass is 756 g/mol. The number of ether oxygens (including phenoxy) is 4. The van der Waals surface area contributed by atoms with Crippen molar-refractivity contribution in [2.45, 2.75) is 178 Å². The molecule has 306 valence electrons. The number of rotatable bonds is 9. The Bertz CT molecular complexity index is 1270. The summed E-state index contributed by atoms with van der Waals surface area (Å²) < 4.78 is 25.2. The molecule has 0 radical (unpaired) electrons. The molecule has 53 heavy (non-hydrogen) atoms. The summed E-state index contributed by atoms with van der Waals surface area (Å²) in [7, 11) is 0. The van der Waals surface area contributed by atoms with Gasteiger partial charge in [0.25, 0.3) is 0 Å². The van der Waals surface area contributed by atoms with Crippen molar-refractivity contribution in [2.75, 3.05) is 13.2 Å². The highest BCUT2D eigenvalue weighted by molar-refractivity contribution is 5.18. The van der Waals surface area contributed by atoms with Gasteiger partial charge in [-0.3, -0.25) is 0 Å². The average molecular weight is 757 g/mol. The van der Waals surface area contributed by atoms with E-state index in [0.717, 1.165) is 44.9 Å². The SMILES string of the molecule is CC(C)CCC1(O)OC2C(O)C3C4CCC5CC(OC6OC(CO)C(O)C(O)C6OC6CC(CO)C(O)C(O)C6O)CCC5(C)C4CCC3(C)C2C1C. The molecule has 2 heterocycles. The van der Waals surface area contributed by atoms with E-state index in [9.17, 15) is 46.0 Å². The summed E-state index contributed by atoms with van der Waals surface area (Å²) in [5.41, 5.74) is -0.0864. The second-order valence-electron chi connectivity index (χ2n) is 19.3. The number of aliphatic hydroxyl groups excluding tert-OH is 8. The zero-order valence-electron chi connectivity index (χ0n) is 32.2. The molecule has 13 heteroatoms. The Kier molecular flexibility index (Phi) is 11.5. The van der Waals surface area contributed by atoms with Crippen LogP contribution in [-0.2, 0) is 18.9 Å². The molecule has 13 nitrogen and oxygen atoms in total. The average Bonchev–Trinajstić information content (AvgIpc) is 3.52. The second-order valence-corrected chi connectivity index (χ2v) is 19.3. The summed E-state index contributed by atoms with van der Waals surface area (Å²) in [6.45, 7) is 10.2. The molecule has 0 aromatic rings. The van der Waals surface area contributed by atoms with Crippen molar-refractivity contribution in [2.24, 2.45) is 58.2 Å². The molecule has 7 fully saturated rings. The quantitative estimate of drug-likeness (QED) is 0.151. The van der Waals surface area contributed by atoms with Gasteiger partial charge in [0.05, 0.1) is 37.1 Å². The third kappa shape index (κ3) is 6.67. The molecule has 5 aliphatic carbocycles. The molecule has 2 saturated heterocycles. The smallest absolute Gasteiger partial charge is 0.187 e. The van der Waals surface area contributed by atoms with Crippen molar-refractivity contribution in [3.05, 3.63) is 0 Å². The van der Waals surface area contributed by atoms with E-state index in [1.807, 2.05) is 0 Å². The van der Waals surface area contributed by atoms with E-state index in [0.29, 0.717) is 36.5 Å². The minimum Gasteiger partial charge on any atom is -0.396 e. The van der Waals surface area contributed by atoms with Gasteiger partial charge in [-0.15, -0.1) is 0 Å². The van der Waals surface area contributed by atoms with E-state index in [2.05, 4.69) is 34.6 Å². The Morgan fingerprint density at radius 1 is 0.755 bits per heavy atom. The van der Waals surface area contributed by atoms with E-state index in [1.54, 1.807) is 0 Å². The van der Waals surface area contributed by atoms with Gasteiger partial charge in [0, 0.05) is 30.8 Å². The summed E-state index contributed by atoms with van der Waals surface area (Å²) in [6.07, 6.45) is -5.56.